The predicted molar refractivity (Wildman–Crippen MR) is 144 cm³/mol. The highest BCUT2D eigenvalue weighted by Gasteiger charge is 2.64. The molecule has 1 aromatic rings. The third kappa shape index (κ3) is 6.98. The molecule has 1 saturated heterocycles. The molecule has 0 aliphatic carbocycles. The van der Waals surface area contributed by atoms with Gasteiger partial charge in [-0.25, -0.2) is 0 Å². The molecule has 0 bridgehead atoms. The summed E-state index contributed by atoms with van der Waals surface area (Å²) in [6.45, 7) is 3.90. The number of imide groups is 1. The van der Waals surface area contributed by atoms with Crippen molar-refractivity contribution in [3.8, 4) is 0 Å². The molecule has 0 spiro atoms. The van der Waals surface area contributed by atoms with E-state index in [2.05, 4.69) is 10.6 Å². The van der Waals surface area contributed by atoms with Crippen molar-refractivity contribution < 1.29 is 38.3 Å². The first-order valence-electron chi connectivity index (χ1n) is 12.8. The number of carbonyl (C=O) groups excluding carboxylic acids is 7. The lowest BCUT2D eigenvalue weighted by atomic mass is 9.72. The number of alkyl halides is 1. The molecule has 40 heavy (non-hydrogen) atoms. The van der Waals surface area contributed by atoms with Gasteiger partial charge in [0.05, 0.1) is 24.6 Å². The molecule has 1 unspecified atom stereocenters. The van der Waals surface area contributed by atoms with E-state index in [1.807, 2.05) is 6.07 Å². The number of nitrogens with one attached hydrogen (secondary N) is 2. The van der Waals surface area contributed by atoms with Crippen LogP contribution < -0.4 is 16.4 Å². The highest BCUT2D eigenvalue weighted by atomic mass is 35.5. The predicted octanol–water partition coefficient (Wildman–Crippen LogP) is -0.318. The standard InChI is InChI=1S/C27H35ClN4O8/c1-15(2)24(40-4)27(23(37)19(33)13-28)20(34)10-11-22(36)32(27)26(39)16(3)31-21(35)14-30-25(38)18(29)12-17-8-6-5-7-9-17/h5-9,15-16,18,24H,10-14,29H2,1-4H3,(H,30,38)(H,31,35)/t16-,18-,24?,27+/m0/s1. The fourth-order valence-electron chi connectivity index (χ4n) is 4.79. The van der Waals surface area contributed by atoms with Crippen LogP contribution in [0.3, 0.4) is 0 Å². The zero-order valence-electron chi connectivity index (χ0n) is 22.9. The van der Waals surface area contributed by atoms with Crippen LogP contribution in [0.5, 0.6) is 0 Å². The van der Waals surface area contributed by atoms with E-state index in [-0.39, 0.29) is 12.8 Å². The van der Waals surface area contributed by atoms with Gasteiger partial charge in [-0.2, -0.15) is 0 Å². The maximum Gasteiger partial charge on any atom is 0.252 e. The van der Waals surface area contributed by atoms with Gasteiger partial charge in [-0.3, -0.25) is 38.5 Å². The van der Waals surface area contributed by atoms with Crippen molar-refractivity contribution in [3.05, 3.63) is 35.9 Å². The number of Topliss-reactive ketones (excluding diaryl/α,β-unsaturated/α-hetero) is 3. The summed E-state index contributed by atoms with van der Waals surface area (Å²) in [5.41, 5.74) is 4.16. The van der Waals surface area contributed by atoms with Crippen molar-refractivity contribution >= 4 is 52.6 Å². The van der Waals surface area contributed by atoms with Gasteiger partial charge in [-0.05, 0) is 24.8 Å². The maximum atomic E-state index is 13.6. The van der Waals surface area contributed by atoms with Crippen LogP contribution in [0.4, 0.5) is 0 Å². The van der Waals surface area contributed by atoms with Gasteiger partial charge >= 0.3 is 0 Å². The Bertz CT molecular complexity index is 1160. The van der Waals surface area contributed by atoms with Crippen LogP contribution in [0.25, 0.3) is 0 Å². The van der Waals surface area contributed by atoms with E-state index in [9.17, 15) is 33.6 Å². The summed E-state index contributed by atoms with van der Waals surface area (Å²) in [5.74, 6) is -8.11. The molecule has 4 amide bonds. The number of benzene rings is 1. The summed E-state index contributed by atoms with van der Waals surface area (Å²) < 4.78 is 5.43. The second-order valence-corrected chi connectivity index (χ2v) is 10.1. The van der Waals surface area contributed by atoms with E-state index in [4.69, 9.17) is 22.1 Å². The van der Waals surface area contributed by atoms with Gasteiger partial charge in [-0.15, -0.1) is 11.6 Å². The Labute approximate surface area is 237 Å². The highest BCUT2D eigenvalue weighted by molar-refractivity contribution is 6.53. The van der Waals surface area contributed by atoms with Gasteiger partial charge in [0, 0.05) is 20.0 Å². The Balaban J connectivity index is 2.24. The molecule has 0 aromatic heterocycles. The van der Waals surface area contributed by atoms with Crippen LogP contribution in [-0.2, 0) is 44.7 Å². The van der Waals surface area contributed by atoms with Gasteiger partial charge in [-0.1, -0.05) is 44.2 Å². The number of piperidine rings is 1. The lowest BCUT2D eigenvalue weighted by Crippen LogP contribution is -2.75. The minimum absolute atomic E-state index is 0.238. The van der Waals surface area contributed by atoms with E-state index < -0.39 is 89.5 Å². The van der Waals surface area contributed by atoms with Crippen molar-refractivity contribution in [3.63, 3.8) is 0 Å². The highest BCUT2D eigenvalue weighted by Crippen LogP contribution is 2.36. The fourth-order valence-corrected chi connectivity index (χ4v) is 4.91. The van der Waals surface area contributed by atoms with E-state index in [1.165, 1.54) is 14.0 Å². The number of ether oxygens (including phenoxy) is 1. The SMILES string of the molecule is COC(C(C)C)[C@]1(C(=O)C(=O)CCl)C(=O)CCC(=O)N1C(=O)[C@H](C)NC(=O)CNC(=O)[C@@H](N)Cc1ccccc1. The summed E-state index contributed by atoms with van der Waals surface area (Å²) in [5, 5.41) is 4.74. The first-order valence-corrected chi connectivity index (χ1v) is 13.3. The lowest BCUT2D eigenvalue weighted by Gasteiger charge is -2.48. The lowest BCUT2D eigenvalue weighted by molar-refractivity contribution is -0.180. The van der Waals surface area contributed by atoms with E-state index in [1.54, 1.807) is 38.1 Å². The molecule has 1 aromatic carbocycles. The third-order valence-corrected chi connectivity index (χ3v) is 6.85. The number of hydrogen-bond donors (Lipinski definition) is 3. The number of likely N-dealkylation sites (tertiary alicyclic amines) is 1. The Morgan fingerprint density at radius 2 is 1.70 bits per heavy atom. The van der Waals surface area contributed by atoms with Crippen molar-refractivity contribution in [1.82, 2.24) is 15.5 Å². The molecule has 12 nitrogen and oxygen atoms in total. The summed E-state index contributed by atoms with van der Waals surface area (Å²) in [6, 6.07) is 6.67. The molecule has 4 N–H and O–H groups in total. The molecule has 2 rings (SSSR count). The Morgan fingerprint density at radius 1 is 1.07 bits per heavy atom. The molecule has 1 aliphatic heterocycles. The molecule has 13 heteroatoms. The van der Waals surface area contributed by atoms with Gasteiger partial charge in [0.25, 0.3) is 5.91 Å². The number of ketones is 3. The molecule has 1 heterocycles. The van der Waals surface area contributed by atoms with Crippen LogP contribution >= 0.6 is 11.6 Å². The van der Waals surface area contributed by atoms with Crippen molar-refractivity contribution in [2.75, 3.05) is 19.5 Å². The number of amides is 4. The van der Waals surface area contributed by atoms with E-state index in [0.717, 1.165) is 5.56 Å². The van der Waals surface area contributed by atoms with Crippen LogP contribution in [-0.4, -0.2) is 89.1 Å². The number of methoxy groups -OCH3 is 1. The first kappa shape index (κ1) is 32.7. The van der Waals surface area contributed by atoms with Gasteiger partial charge in [0.15, 0.2) is 5.78 Å². The average Bonchev–Trinajstić information content (AvgIpc) is 2.92. The Morgan fingerprint density at radius 3 is 2.25 bits per heavy atom. The number of rotatable bonds is 13. The number of halogens is 1. The molecular formula is C27H35ClN4O8. The number of hydrogen-bond acceptors (Lipinski definition) is 9. The molecular weight excluding hydrogens is 544 g/mol. The normalized spacial score (nSPS) is 19.5. The molecule has 218 valence electrons. The Hall–Kier alpha value is -3.48. The fraction of sp³-hybridized carbons (Fsp3) is 0.519. The van der Waals surface area contributed by atoms with Gasteiger partial charge < -0.3 is 21.1 Å². The summed E-state index contributed by atoms with van der Waals surface area (Å²) in [6.07, 6.45) is -1.91. The zero-order chi connectivity index (χ0) is 30.2. The average molecular weight is 579 g/mol. The van der Waals surface area contributed by atoms with Crippen molar-refractivity contribution in [1.29, 1.82) is 0 Å². The van der Waals surface area contributed by atoms with E-state index in [0.29, 0.717) is 4.90 Å². The second-order valence-electron chi connectivity index (χ2n) is 9.85. The van der Waals surface area contributed by atoms with Gasteiger partial charge in [0.2, 0.25) is 34.8 Å². The summed E-state index contributed by atoms with van der Waals surface area (Å²) in [4.78, 5) is 91.3. The molecule has 1 fully saturated rings. The number of nitrogens with zero attached hydrogens (tertiary/aromatic N) is 1. The summed E-state index contributed by atoms with van der Waals surface area (Å²) >= 11 is 5.61. The van der Waals surface area contributed by atoms with Crippen LogP contribution in [0, 0.1) is 5.92 Å². The van der Waals surface area contributed by atoms with Gasteiger partial charge in [0.1, 0.15) is 6.04 Å². The molecule has 4 atom stereocenters. The quantitative estimate of drug-likeness (QED) is 0.160. The van der Waals surface area contributed by atoms with E-state index >= 15 is 0 Å². The monoisotopic (exact) mass is 578 g/mol. The topological polar surface area (TPSA) is 182 Å². The smallest absolute Gasteiger partial charge is 0.252 e. The van der Waals surface area contributed by atoms with Crippen LogP contribution in [0.2, 0.25) is 0 Å². The zero-order valence-corrected chi connectivity index (χ0v) is 23.7. The minimum atomic E-state index is -2.58. The molecule has 0 radical (unpaired) electrons. The van der Waals surface area contributed by atoms with Crippen LogP contribution in [0.15, 0.2) is 30.3 Å². The molecule has 1 aliphatic rings. The number of carbonyl (C=O) groups is 7. The Kier molecular flexibility index (Phi) is 11.7. The second kappa shape index (κ2) is 14.2. The third-order valence-electron chi connectivity index (χ3n) is 6.61. The largest absolute Gasteiger partial charge is 0.378 e. The van der Waals surface area contributed by atoms with Crippen molar-refractivity contribution in [2.45, 2.75) is 63.8 Å². The van der Waals surface area contributed by atoms with Crippen LogP contribution in [0.1, 0.15) is 39.2 Å². The number of nitrogens with two attached hydrogens (primary N) is 1. The summed E-state index contributed by atoms with van der Waals surface area (Å²) in [7, 11) is 1.19. The minimum Gasteiger partial charge on any atom is -0.378 e. The van der Waals surface area contributed by atoms with Crippen molar-refractivity contribution in [2.24, 2.45) is 11.7 Å². The first-order chi connectivity index (χ1) is 18.8. The molecule has 0 saturated carbocycles. The maximum absolute atomic E-state index is 13.6.